The Labute approximate surface area is 112 Å². The number of benzene rings is 1. The number of hydrogen-bond acceptors (Lipinski definition) is 3. The molecule has 0 fully saturated rings. The molecule has 100 valence electrons. The van der Waals surface area contributed by atoms with Gasteiger partial charge in [-0.15, -0.1) is 11.6 Å². The van der Waals surface area contributed by atoms with Gasteiger partial charge in [0.25, 0.3) is 5.91 Å². The van der Waals surface area contributed by atoms with Gasteiger partial charge in [0.2, 0.25) is 0 Å². The molecule has 1 amide bonds. The van der Waals surface area contributed by atoms with E-state index < -0.39 is 0 Å². The molecule has 5 heteroatoms. The summed E-state index contributed by atoms with van der Waals surface area (Å²) >= 11 is 5.69. The van der Waals surface area contributed by atoms with Gasteiger partial charge >= 0.3 is 0 Å². The molecule has 1 rings (SSSR count). The van der Waals surface area contributed by atoms with Crippen molar-refractivity contribution in [3.63, 3.8) is 0 Å². The third kappa shape index (κ3) is 3.07. The zero-order chi connectivity index (χ0) is 13.5. The maximum atomic E-state index is 12.3. The maximum Gasteiger partial charge on any atom is 0.257 e. The van der Waals surface area contributed by atoms with E-state index >= 15 is 0 Å². The fourth-order valence-corrected chi connectivity index (χ4v) is 1.94. The molecule has 0 saturated heterocycles. The smallest absolute Gasteiger partial charge is 0.257 e. The van der Waals surface area contributed by atoms with Crippen molar-refractivity contribution in [2.75, 3.05) is 33.2 Å². The summed E-state index contributed by atoms with van der Waals surface area (Å²) in [5.41, 5.74) is 0.490. The summed E-state index contributed by atoms with van der Waals surface area (Å²) in [6.45, 7) is 3.03. The Balaban J connectivity index is 3.11. The number of carbonyl (C=O) groups excluding carboxylic acids is 1. The molecule has 0 saturated carbocycles. The third-order valence-corrected chi connectivity index (χ3v) is 2.83. The number of hydrogen-bond donors (Lipinski definition) is 0. The van der Waals surface area contributed by atoms with Crippen molar-refractivity contribution >= 4 is 17.5 Å². The second-order valence-corrected chi connectivity index (χ2v) is 3.99. The van der Waals surface area contributed by atoms with Crippen LogP contribution in [0, 0.1) is 0 Å². The number of rotatable bonds is 6. The predicted molar refractivity (Wildman–Crippen MR) is 71.8 cm³/mol. The van der Waals surface area contributed by atoms with E-state index in [9.17, 15) is 4.79 Å². The fraction of sp³-hybridized carbons (Fsp3) is 0.462. The van der Waals surface area contributed by atoms with E-state index in [4.69, 9.17) is 21.1 Å². The van der Waals surface area contributed by atoms with Gasteiger partial charge in [0.15, 0.2) is 11.5 Å². The summed E-state index contributed by atoms with van der Waals surface area (Å²) in [4.78, 5) is 14.0. The first-order valence-electron chi connectivity index (χ1n) is 5.75. The van der Waals surface area contributed by atoms with Crippen LogP contribution in [0.3, 0.4) is 0 Å². The summed E-state index contributed by atoms with van der Waals surface area (Å²) in [6.07, 6.45) is 0. The molecular weight excluding hydrogens is 254 g/mol. The Kier molecular flexibility index (Phi) is 5.78. The summed E-state index contributed by atoms with van der Waals surface area (Å²) in [5, 5.41) is 0. The molecular formula is C13H18ClNO3. The Bertz CT molecular complexity index is 409. The highest BCUT2D eigenvalue weighted by atomic mass is 35.5. The highest BCUT2D eigenvalue weighted by Gasteiger charge is 2.20. The number of halogens is 1. The zero-order valence-corrected chi connectivity index (χ0v) is 11.7. The highest BCUT2D eigenvalue weighted by molar-refractivity contribution is 6.18. The minimum Gasteiger partial charge on any atom is -0.493 e. The first kappa shape index (κ1) is 14.6. The van der Waals surface area contributed by atoms with Crippen molar-refractivity contribution in [1.82, 2.24) is 4.90 Å². The monoisotopic (exact) mass is 271 g/mol. The van der Waals surface area contributed by atoms with Crippen LogP contribution >= 0.6 is 11.6 Å². The minimum atomic E-state index is -0.103. The number of alkyl halides is 1. The SMILES string of the molecule is CCN(CCCl)C(=O)c1cccc(OC)c1OC. The molecule has 18 heavy (non-hydrogen) atoms. The average molecular weight is 272 g/mol. The highest BCUT2D eigenvalue weighted by Crippen LogP contribution is 2.31. The number of para-hydroxylation sites is 1. The van der Waals surface area contributed by atoms with Crippen LogP contribution in [-0.2, 0) is 0 Å². The molecule has 0 aliphatic heterocycles. The van der Waals surface area contributed by atoms with Gasteiger partial charge < -0.3 is 14.4 Å². The summed E-state index contributed by atoms with van der Waals surface area (Å²) in [7, 11) is 3.06. The number of ether oxygens (including phenoxy) is 2. The van der Waals surface area contributed by atoms with E-state index in [1.165, 1.54) is 7.11 Å². The van der Waals surface area contributed by atoms with E-state index in [-0.39, 0.29) is 5.91 Å². The molecule has 0 atom stereocenters. The van der Waals surface area contributed by atoms with Gasteiger partial charge in [0, 0.05) is 19.0 Å². The van der Waals surface area contributed by atoms with Crippen molar-refractivity contribution in [3.05, 3.63) is 23.8 Å². The van der Waals surface area contributed by atoms with Gasteiger partial charge in [-0.2, -0.15) is 0 Å². The summed E-state index contributed by atoms with van der Waals surface area (Å²) in [5.74, 6) is 1.31. The molecule has 0 spiro atoms. The van der Waals surface area contributed by atoms with Gasteiger partial charge in [-0.25, -0.2) is 0 Å². The van der Waals surface area contributed by atoms with E-state index in [0.29, 0.717) is 36.0 Å². The molecule has 0 aliphatic carbocycles. The van der Waals surface area contributed by atoms with Crippen LogP contribution in [0.25, 0.3) is 0 Å². The van der Waals surface area contributed by atoms with Crippen LogP contribution in [-0.4, -0.2) is 44.0 Å². The first-order chi connectivity index (χ1) is 8.69. The van der Waals surface area contributed by atoms with Gasteiger partial charge in [0.05, 0.1) is 19.8 Å². The van der Waals surface area contributed by atoms with Crippen molar-refractivity contribution in [1.29, 1.82) is 0 Å². The third-order valence-electron chi connectivity index (χ3n) is 2.66. The number of amides is 1. The molecule has 0 radical (unpaired) electrons. The molecule has 1 aromatic rings. The molecule has 0 heterocycles. The second kappa shape index (κ2) is 7.11. The van der Waals surface area contributed by atoms with E-state index in [1.807, 2.05) is 6.92 Å². The van der Waals surface area contributed by atoms with Crippen LogP contribution in [0.4, 0.5) is 0 Å². The van der Waals surface area contributed by atoms with Crippen molar-refractivity contribution in [3.8, 4) is 11.5 Å². The number of carbonyl (C=O) groups is 1. The van der Waals surface area contributed by atoms with E-state index in [1.54, 1.807) is 30.2 Å². The van der Waals surface area contributed by atoms with Crippen LogP contribution in [0.2, 0.25) is 0 Å². The largest absolute Gasteiger partial charge is 0.493 e. The molecule has 0 bridgehead atoms. The molecule has 4 nitrogen and oxygen atoms in total. The van der Waals surface area contributed by atoms with Crippen molar-refractivity contribution in [2.45, 2.75) is 6.92 Å². The number of nitrogens with zero attached hydrogens (tertiary/aromatic N) is 1. The maximum absolute atomic E-state index is 12.3. The Morgan fingerprint density at radius 3 is 2.56 bits per heavy atom. The van der Waals surface area contributed by atoms with Gasteiger partial charge in [0.1, 0.15) is 0 Å². The molecule has 1 aromatic carbocycles. The van der Waals surface area contributed by atoms with Crippen LogP contribution in [0.5, 0.6) is 11.5 Å². The van der Waals surface area contributed by atoms with Crippen LogP contribution < -0.4 is 9.47 Å². The molecule has 0 N–H and O–H groups in total. The average Bonchev–Trinajstić information content (AvgIpc) is 2.42. The predicted octanol–water partition coefficient (Wildman–Crippen LogP) is 2.40. The summed E-state index contributed by atoms with van der Waals surface area (Å²) in [6, 6.07) is 5.25. The van der Waals surface area contributed by atoms with Crippen LogP contribution in [0.1, 0.15) is 17.3 Å². The molecule has 0 aromatic heterocycles. The van der Waals surface area contributed by atoms with Crippen molar-refractivity contribution < 1.29 is 14.3 Å². The molecule has 0 unspecified atom stereocenters. The standard InChI is InChI=1S/C13H18ClNO3/c1-4-15(9-8-14)13(16)10-6-5-7-11(17-2)12(10)18-3/h5-7H,4,8-9H2,1-3H3. The lowest BCUT2D eigenvalue weighted by molar-refractivity contribution is 0.0770. The topological polar surface area (TPSA) is 38.8 Å². The normalized spacial score (nSPS) is 10.0. The van der Waals surface area contributed by atoms with E-state index in [0.717, 1.165) is 0 Å². The number of methoxy groups -OCH3 is 2. The fourth-order valence-electron chi connectivity index (χ4n) is 1.73. The lowest BCUT2D eigenvalue weighted by atomic mass is 10.1. The van der Waals surface area contributed by atoms with Crippen LogP contribution in [0.15, 0.2) is 18.2 Å². The van der Waals surface area contributed by atoms with Crippen molar-refractivity contribution in [2.24, 2.45) is 0 Å². The van der Waals surface area contributed by atoms with E-state index in [2.05, 4.69) is 0 Å². The van der Waals surface area contributed by atoms with Gasteiger partial charge in [-0.3, -0.25) is 4.79 Å². The zero-order valence-electron chi connectivity index (χ0n) is 10.9. The summed E-state index contributed by atoms with van der Waals surface area (Å²) < 4.78 is 10.4. The Morgan fingerprint density at radius 2 is 2.06 bits per heavy atom. The van der Waals surface area contributed by atoms with Gasteiger partial charge in [-0.1, -0.05) is 6.07 Å². The second-order valence-electron chi connectivity index (χ2n) is 3.61. The lowest BCUT2D eigenvalue weighted by Crippen LogP contribution is -2.32. The Morgan fingerprint density at radius 1 is 1.33 bits per heavy atom. The first-order valence-corrected chi connectivity index (χ1v) is 6.29. The Hall–Kier alpha value is -1.42. The lowest BCUT2D eigenvalue weighted by Gasteiger charge is -2.21. The van der Waals surface area contributed by atoms with Gasteiger partial charge in [-0.05, 0) is 19.1 Å². The minimum absolute atomic E-state index is 0.103. The molecule has 0 aliphatic rings. The quantitative estimate of drug-likeness (QED) is 0.746.